The van der Waals surface area contributed by atoms with E-state index < -0.39 is 0 Å². The Labute approximate surface area is 54.8 Å². The third kappa shape index (κ3) is 6.95. The third-order valence-corrected chi connectivity index (χ3v) is 0.657. The fraction of sp³-hybridized carbons (Fsp3) is 0.286. The Morgan fingerprint density at radius 3 is 2.56 bits per heavy atom. The molecule has 0 atom stereocenters. The highest BCUT2D eigenvalue weighted by atomic mass is 16.5. The molecule has 2 heteroatoms. The zero-order valence-electron chi connectivity index (χ0n) is 5.63. The molecule has 0 amide bonds. The van der Waals surface area contributed by atoms with Crippen LogP contribution in [0, 0.1) is 0 Å². The minimum Gasteiger partial charge on any atom is -0.504 e. The van der Waals surface area contributed by atoms with Gasteiger partial charge in [-0.1, -0.05) is 6.08 Å². The standard InChI is InChI=1S/C7H10O2/c1-7(8)5-3-4-6-9-2/h3-6H,1-2H3/b5-3+,6-4+. The van der Waals surface area contributed by atoms with Gasteiger partial charge in [0.1, 0.15) is 0 Å². The molecule has 0 N–H and O–H groups in total. The Balaban J connectivity index is 3.47. The predicted molar refractivity (Wildman–Crippen MR) is 36.0 cm³/mol. The first-order valence-electron chi connectivity index (χ1n) is 2.64. The molecule has 0 aliphatic carbocycles. The molecule has 0 aliphatic heterocycles. The first-order chi connectivity index (χ1) is 4.27. The molecule has 0 fully saturated rings. The lowest BCUT2D eigenvalue weighted by Crippen LogP contribution is -1.77. The van der Waals surface area contributed by atoms with Gasteiger partial charge in [-0.2, -0.15) is 0 Å². The highest BCUT2D eigenvalue weighted by Crippen LogP contribution is 1.78. The second-order valence-corrected chi connectivity index (χ2v) is 1.53. The van der Waals surface area contributed by atoms with Crippen LogP contribution in [0.4, 0.5) is 0 Å². The smallest absolute Gasteiger partial charge is 0.152 e. The van der Waals surface area contributed by atoms with Crippen molar-refractivity contribution in [1.29, 1.82) is 0 Å². The SMILES string of the molecule is CO/C=C/C=C/C(C)=O. The molecule has 2 nitrogen and oxygen atoms in total. The summed E-state index contributed by atoms with van der Waals surface area (Å²) in [6, 6.07) is 0. The summed E-state index contributed by atoms with van der Waals surface area (Å²) in [5.74, 6) is 0.0377. The molecule has 0 unspecified atom stereocenters. The summed E-state index contributed by atoms with van der Waals surface area (Å²) in [4.78, 5) is 10.2. The van der Waals surface area contributed by atoms with Crippen molar-refractivity contribution in [3.63, 3.8) is 0 Å². The van der Waals surface area contributed by atoms with Gasteiger partial charge in [0.15, 0.2) is 5.78 Å². The second-order valence-electron chi connectivity index (χ2n) is 1.53. The van der Waals surface area contributed by atoms with Crippen molar-refractivity contribution in [2.24, 2.45) is 0 Å². The average molecular weight is 126 g/mol. The van der Waals surface area contributed by atoms with Gasteiger partial charge in [-0.15, -0.1) is 0 Å². The zero-order chi connectivity index (χ0) is 7.11. The normalized spacial score (nSPS) is 10.9. The number of carbonyl (C=O) groups is 1. The van der Waals surface area contributed by atoms with Gasteiger partial charge in [-0.25, -0.2) is 0 Å². The van der Waals surface area contributed by atoms with Gasteiger partial charge in [0, 0.05) is 0 Å². The lowest BCUT2D eigenvalue weighted by Gasteiger charge is -1.80. The number of hydrogen-bond acceptors (Lipinski definition) is 2. The molecule has 0 radical (unpaired) electrons. The maximum Gasteiger partial charge on any atom is 0.152 e. The van der Waals surface area contributed by atoms with E-state index in [1.54, 1.807) is 19.3 Å². The predicted octanol–water partition coefficient (Wildman–Crippen LogP) is 1.29. The van der Waals surface area contributed by atoms with Crippen molar-refractivity contribution in [1.82, 2.24) is 0 Å². The fourth-order valence-corrected chi connectivity index (χ4v) is 0.315. The van der Waals surface area contributed by atoms with Gasteiger partial charge in [0.2, 0.25) is 0 Å². The van der Waals surface area contributed by atoms with Crippen molar-refractivity contribution in [2.45, 2.75) is 6.92 Å². The van der Waals surface area contributed by atoms with Crippen LogP contribution in [0.5, 0.6) is 0 Å². The van der Waals surface area contributed by atoms with Crippen LogP contribution in [-0.2, 0) is 9.53 Å². The van der Waals surface area contributed by atoms with E-state index in [0.29, 0.717) is 0 Å². The Morgan fingerprint density at radius 1 is 1.44 bits per heavy atom. The van der Waals surface area contributed by atoms with Crippen molar-refractivity contribution < 1.29 is 9.53 Å². The van der Waals surface area contributed by atoms with E-state index in [4.69, 9.17) is 0 Å². The van der Waals surface area contributed by atoms with E-state index in [-0.39, 0.29) is 5.78 Å². The summed E-state index contributed by atoms with van der Waals surface area (Å²) in [7, 11) is 1.55. The molecule has 50 valence electrons. The van der Waals surface area contributed by atoms with Crippen LogP contribution >= 0.6 is 0 Å². The summed E-state index contributed by atoms with van der Waals surface area (Å²) in [5, 5.41) is 0. The first-order valence-corrected chi connectivity index (χ1v) is 2.64. The van der Waals surface area contributed by atoms with Crippen LogP contribution in [0.25, 0.3) is 0 Å². The van der Waals surface area contributed by atoms with Crippen LogP contribution < -0.4 is 0 Å². The van der Waals surface area contributed by atoms with E-state index in [9.17, 15) is 4.79 Å². The van der Waals surface area contributed by atoms with Crippen LogP contribution in [0.1, 0.15) is 6.92 Å². The molecule has 9 heavy (non-hydrogen) atoms. The molecule has 0 aromatic carbocycles. The quantitative estimate of drug-likeness (QED) is 0.323. The van der Waals surface area contributed by atoms with Crippen LogP contribution in [0.15, 0.2) is 24.5 Å². The second kappa shape index (κ2) is 5.09. The van der Waals surface area contributed by atoms with E-state index >= 15 is 0 Å². The summed E-state index contributed by atoms with van der Waals surface area (Å²) >= 11 is 0. The Bertz CT molecular complexity index is 134. The third-order valence-electron chi connectivity index (χ3n) is 0.657. The van der Waals surface area contributed by atoms with E-state index in [2.05, 4.69) is 4.74 Å². The molecule has 0 aromatic heterocycles. The molecule has 0 aliphatic rings. The van der Waals surface area contributed by atoms with Crippen molar-refractivity contribution in [3.05, 3.63) is 24.5 Å². The van der Waals surface area contributed by atoms with E-state index in [1.807, 2.05) is 0 Å². The number of ether oxygens (including phenoxy) is 1. The minimum atomic E-state index is 0.0377. The van der Waals surface area contributed by atoms with Gasteiger partial charge in [0.25, 0.3) is 0 Å². The number of rotatable bonds is 3. The average Bonchev–Trinajstić information content (AvgIpc) is 1.80. The molecule has 0 saturated heterocycles. The molecule has 0 aromatic rings. The maximum atomic E-state index is 10.2. The first kappa shape index (κ1) is 7.95. The van der Waals surface area contributed by atoms with Gasteiger partial charge in [0.05, 0.1) is 13.4 Å². The molecular weight excluding hydrogens is 116 g/mol. The summed E-state index contributed by atoms with van der Waals surface area (Å²) in [6.07, 6.45) is 6.25. The van der Waals surface area contributed by atoms with Crippen LogP contribution in [0.3, 0.4) is 0 Å². The van der Waals surface area contributed by atoms with E-state index in [0.717, 1.165) is 0 Å². The van der Waals surface area contributed by atoms with Gasteiger partial charge >= 0.3 is 0 Å². The topological polar surface area (TPSA) is 26.3 Å². The van der Waals surface area contributed by atoms with E-state index in [1.165, 1.54) is 19.3 Å². The molecule has 0 saturated carbocycles. The van der Waals surface area contributed by atoms with Crippen LogP contribution in [-0.4, -0.2) is 12.9 Å². The fourth-order valence-electron chi connectivity index (χ4n) is 0.315. The lowest BCUT2D eigenvalue weighted by atomic mass is 10.4. The van der Waals surface area contributed by atoms with Crippen molar-refractivity contribution in [2.75, 3.05) is 7.11 Å². The summed E-state index contributed by atoms with van der Waals surface area (Å²) in [6.45, 7) is 1.50. The largest absolute Gasteiger partial charge is 0.504 e. The van der Waals surface area contributed by atoms with Gasteiger partial charge in [-0.05, 0) is 19.1 Å². The molecule has 0 bridgehead atoms. The monoisotopic (exact) mass is 126 g/mol. The lowest BCUT2D eigenvalue weighted by molar-refractivity contribution is -0.112. The Morgan fingerprint density at radius 2 is 2.11 bits per heavy atom. The molecule has 0 rings (SSSR count). The molecule has 0 heterocycles. The highest BCUT2D eigenvalue weighted by Gasteiger charge is 1.75. The number of carbonyl (C=O) groups excluding carboxylic acids is 1. The number of ketones is 1. The maximum absolute atomic E-state index is 10.2. The van der Waals surface area contributed by atoms with Crippen molar-refractivity contribution >= 4 is 5.78 Å². The number of hydrogen-bond donors (Lipinski definition) is 0. The summed E-state index contributed by atoms with van der Waals surface area (Å²) in [5.41, 5.74) is 0. The number of methoxy groups -OCH3 is 1. The number of allylic oxidation sites excluding steroid dienone is 3. The Kier molecular flexibility index (Phi) is 4.50. The van der Waals surface area contributed by atoms with Crippen molar-refractivity contribution in [3.8, 4) is 0 Å². The summed E-state index contributed by atoms with van der Waals surface area (Å²) < 4.78 is 4.58. The minimum absolute atomic E-state index is 0.0377. The molecular formula is C7H10O2. The van der Waals surface area contributed by atoms with Gasteiger partial charge in [-0.3, -0.25) is 4.79 Å². The highest BCUT2D eigenvalue weighted by molar-refractivity contribution is 5.87. The molecule has 0 spiro atoms. The van der Waals surface area contributed by atoms with Crippen LogP contribution in [0.2, 0.25) is 0 Å². The van der Waals surface area contributed by atoms with Gasteiger partial charge < -0.3 is 4.74 Å². The Hall–Kier alpha value is -1.05. The zero-order valence-corrected chi connectivity index (χ0v) is 5.63.